The number of aromatic amines is 1. The Hall–Kier alpha value is -1.60. The molecule has 8 heteroatoms. The number of aromatic nitrogens is 3. The summed E-state index contributed by atoms with van der Waals surface area (Å²) in [7, 11) is 0. The average molecular weight is 291 g/mol. The van der Waals surface area contributed by atoms with Crippen LogP contribution in [-0.2, 0) is 4.74 Å². The van der Waals surface area contributed by atoms with E-state index in [4.69, 9.17) is 4.74 Å². The summed E-state index contributed by atoms with van der Waals surface area (Å²) >= 11 is 0. The van der Waals surface area contributed by atoms with E-state index in [9.17, 15) is 18.0 Å². The van der Waals surface area contributed by atoms with Crippen LogP contribution < -0.4 is 0 Å². The summed E-state index contributed by atoms with van der Waals surface area (Å²) < 4.78 is 43.7. The van der Waals surface area contributed by atoms with Gasteiger partial charge in [-0.15, -0.1) is 5.10 Å². The summed E-state index contributed by atoms with van der Waals surface area (Å²) in [6.45, 7) is 1.80. The molecule has 1 aromatic heterocycles. The molecule has 0 spiro atoms. The van der Waals surface area contributed by atoms with E-state index >= 15 is 0 Å². The first kappa shape index (κ1) is 14.8. The van der Waals surface area contributed by atoms with Crippen LogP contribution in [0.25, 0.3) is 0 Å². The fraction of sp³-hybridized carbons (Fsp3) is 0.750. The van der Waals surface area contributed by atoms with Gasteiger partial charge in [-0.2, -0.15) is 13.2 Å². The maximum atomic E-state index is 13.0. The van der Waals surface area contributed by atoms with Crippen molar-refractivity contribution in [3.05, 3.63) is 11.6 Å². The van der Waals surface area contributed by atoms with Crippen LogP contribution in [0, 0.1) is 5.92 Å². The highest BCUT2D eigenvalue weighted by atomic mass is 19.4. The van der Waals surface area contributed by atoms with E-state index < -0.39 is 24.0 Å². The highest BCUT2D eigenvalue weighted by Crippen LogP contribution is 2.45. The lowest BCUT2D eigenvalue weighted by atomic mass is 9.78. The minimum Gasteiger partial charge on any atom is -0.460 e. The number of ether oxygens (including phenoxy) is 1. The van der Waals surface area contributed by atoms with Crippen LogP contribution in [-0.4, -0.2) is 33.9 Å². The van der Waals surface area contributed by atoms with E-state index in [0.29, 0.717) is 19.3 Å². The third-order valence-electron chi connectivity index (χ3n) is 3.50. The van der Waals surface area contributed by atoms with Crippen LogP contribution in [0.4, 0.5) is 13.2 Å². The molecular formula is C12H16F3N3O2. The zero-order valence-electron chi connectivity index (χ0n) is 11.0. The van der Waals surface area contributed by atoms with Gasteiger partial charge >= 0.3 is 12.1 Å². The average Bonchev–Trinajstić information content (AvgIpc) is 2.87. The molecule has 20 heavy (non-hydrogen) atoms. The van der Waals surface area contributed by atoms with Crippen molar-refractivity contribution in [1.82, 2.24) is 15.2 Å². The highest BCUT2D eigenvalue weighted by Gasteiger charge is 2.47. The van der Waals surface area contributed by atoms with Gasteiger partial charge in [-0.25, -0.2) is 9.78 Å². The van der Waals surface area contributed by atoms with E-state index in [0.717, 1.165) is 0 Å². The molecule has 0 radical (unpaired) electrons. The molecule has 2 rings (SSSR count). The maximum Gasteiger partial charge on any atom is 0.392 e. The van der Waals surface area contributed by atoms with E-state index in [1.807, 2.05) is 0 Å². The number of H-pyrrole nitrogens is 1. The molecule has 1 aliphatic carbocycles. The Kier molecular flexibility index (Phi) is 4.29. The van der Waals surface area contributed by atoms with Crippen LogP contribution in [0.15, 0.2) is 0 Å². The highest BCUT2D eigenvalue weighted by molar-refractivity contribution is 5.84. The Morgan fingerprint density at radius 1 is 1.40 bits per heavy atom. The van der Waals surface area contributed by atoms with Crippen molar-refractivity contribution < 1.29 is 22.7 Å². The van der Waals surface area contributed by atoms with Gasteiger partial charge in [-0.3, -0.25) is 5.10 Å². The summed E-state index contributed by atoms with van der Waals surface area (Å²) in [5.74, 6) is -3.02. The number of hydrogen-bond donors (Lipinski definition) is 1. The van der Waals surface area contributed by atoms with Crippen molar-refractivity contribution in [1.29, 1.82) is 0 Å². The number of halogens is 3. The van der Waals surface area contributed by atoms with Gasteiger partial charge in [0.25, 0.3) is 5.82 Å². The van der Waals surface area contributed by atoms with Crippen molar-refractivity contribution in [2.45, 2.75) is 44.7 Å². The fourth-order valence-corrected chi connectivity index (χ4v) is 2.58. The molecule has 2 atom stereocenters. The maximum absolute atomic E-state index is 13.0. The summed E-state index contributed by atoms with van der Waals surface area (Å²) in [6.07, 6.45) is -2.51. The minimum absolute atomic E-state index is 0.0869. The van der Waals surface area contributed by atoms with Gasteiger partial charge < -0.3 is 4.74 Å². The molecule has 1 aromatic rings. The van der Waals surface area contributed by atoms with Crippen molar-refractivity contribution >= 4 is 5.97 Å². The molecule has 2 unspecified atom stereocenters. The molecule has 0 amide bonds. The standard InChI is InChI=1S/C12H16F3N3O2/c1-2-20-11(19)10-16-9(17-18-10)7-5-3-4-6-8(7)12(13,14)15/h7-8H,2-6H2,1H3,(H,16,17,18). The number of esters is 1. The van der Waals surface area contributed by atoms with Crippen molar-refractivity contribution in [3.8, 4) is 0 Å². The number of hydrogen-bond acceptors (Lipinski definition) is 4. The normalized spacial score (nSPS) is 23.6. The van der Waals surface area contributed by atoms with E-state index in [2.05, 4.69) is 15.2 Å². The first-order chi connectivity index (χ1) is 9.43. The number of carbonyl (C=O) groups excluding carboxylic acids is 1. The number of nitrogens with one attached hydrogen (secondary N) is 1. The zero-order chi connectivity index (χ0) is 14.8. The topological polar surface area (TPSA) is 67.9 Å². The van der Waals surface area contributed by atoms with Crippen LogP contribution in [0.3, 0.4) is 0 Å². The second-order valence-corrected chi connectivity index (χ2v) is 4.80. The molecule has 5 nitrogen and oxygen atoms in total. The summed E-state index contributed by atoms with van der Waals surface area (Å²) in [5, 5.41) is 6.10. The van der Waals surface area contributed by atoms with Gasteiger partial charge in [0.1, 0.15) is 5.82 Å². The number of alkyl halides is 3. The molecule has 112 valence electrons. The van der Waals surface area contributed by atoms with Crippen molar-refractivity contribution in [2.75, 3.05) is 6.61 Å². The largest absolute Gasteiger partial charge is 0.460 e. The van der Waals surface area contributed by atoms with Crippen LogP contribution in [0.5, 0.6) is 0 Å². The van der Waals surface area contributed by atoms with Crippen LogP contribution >= 0.6 is 0 Å². The minimum atomic E-state index is -4.26. The van der Waals surface area contributed by atoms with Crippen molar-refractivity contribution in [2.24, 2.45) is 5.92 Å². The van der Waals surface area contributed by atoms with Gasteiger partial charge in [0.05, 0.1) is 12.5 Å². The lowest BCUT2D eigenvalue weighted by molar-refractivity contribution is -0.187. The SMILES string of the molecule is CCOC(=O)c1n[nH]c(C2CCCCC2C(F)(F)F)n1. The molecule has 1 N–H and O–H groups in total. The van der Waals surface area contributed by atoms with Crippen LogP contribution in [0.1, 0.15) is 55.0 Å². The molecule has 1 saturated carbocycles. The van der Waals surface area contributed by atoms with Gasteiger partial charge in [0.2, 0.25) is 0 Å². The Bertz CT molecular complexity index is 473. The smallest absolute Gasteiger partial charge is 0.392 e. The Morgan fingerprint density at radius 3 is 2.75 bits per heavy atom. The molecule has 1 fully saturated rings. The summed E-state index contributed by atoms with van der Waals surface area (Å²) in [4.78, 5) is 15.3. The number of rotatable bonds is 3. The van der Waals surface area contributed by atoms with Gasteiger partial charge in [-0.1, -0.05) is 12.8 Å². The molecule has 0 bridgehead atoms. The lowest BCUT2D eigenvalue weighted by Gasteiger charge is -2.31. The first-order valence-corrected chi connectivity index (χ1v) is 6.59. The lowest BCUT2D eigenvalue weighted by Crippen LogP contribution is -2.32. The first-order valence-electron chi connectivity index (χ1n) is 6.59. The summed E-state index contributed by atoms with van der Waals surface area (Å²) in [5.41, 5.74) is 0. The van der Waals surface area contributed by atoms with Crippen LogP contribution in [0.2, 0.25) is 0 Å². The van der Waals surface area contributed by atoms with E-state index in [1.54, 1.807) is 6.92 Å². The van der Waals surface area contributed by atoms with Gasteiger partial charge in [0, 0.05) is 5.92 Å². The van der Waals surface area contributed by atoms with Crippen molar-refractivity contribution in [3.63, 3.8) is 0 Å². The molecule has 0 aliphatic heterocycles. The molecule has 1 aliphatic rings. The van der Waals surface area contributed by atoms with E-state index in [1.165, 1.54) is 0 Å². The third-order valence-corrected chi connectivity index (χ3v) is 3.50. The molecule has 0 saturated heterocycles. The second-order valence-electron chi connectivity index (χ2n) is 4.80. The van der Waals surface area contributed by atoms with E-state index in [-0.39, 0.29) is 24.7 Å². The number of carbonyl (C=O) groups is 1. The zero-order valence-corrected chi connectivity index (χ0v) is 11.0. The third kappa shape index (κ3) is 3.10. The monoisotopic (exact) mass is 291 g/mol. The summed E-state index contributed by atoms with van der Waals surface area (Å²) in [6, 6.07) is 0. The van der Waals surface area contributed by atoms with Gasteiger partial charge in [-0.05, 0) is 19.8 Å². The molecule has 1 heterocycles. The quantitative estimate of drug-likeness (QED) is 0.869. The number of nitrogens with zero attached hydrogens (tertiary/aromatic N) is 2. The Morgan fingerprint density at radius 2 is 2.10 bits per heavy atom. The molecular weight excluding hydrogens is 275 g/mol. The Labute approximate surface area is 113 Å². The Balaban J connectivity index is 2.19. The van der Waals surface area contributed by atoms with Gasteiger partial charge in [0.15, 0.2) is 0 Å². The predicted molar refractivity (Wildman–Crippen MR) is 63.1 cm³/mol. The predicted octanol–water partition coefficient (Wildman–Crippen LogP) is 2.82. The fourth-order valence-electron chi connectivity index (χ4n) is 2.58. The second kappa shape index (κ2) is 5.80. The molecule has 0 aromatic carbocycles.